The first-order valence-electron chi connectivity index (χ1n) is 3.78. The molecule has 0 amide bonds. The van der Waals surface area contributed by atoms with Gasteiger partial charge in [-0.3, -0.25) is 4.98 Å². The monoisotopic (exact) mass is 204 g/mol. The lowest BCUT2D eigenvalue weighted by Gasteiger charge is -2.07. The quantitative estimate of drug-likeness (QED) is 0.819. The van der Waals surface area contributed by atoms with E-state index in [1.54, 1.807) is 12.4 Å². The third-order valence-corrected chi connectivity index (χ3v) is 1.98. The van der Waals surface area contributed by atoms with Crippen molar-refractivity contribution in [3.63, 3.8) is 0 Å². The molecule has 1 aromatic heterocycles. The molecule has 12 heavy (non-hydrogen) atoms. The number of pyridine rings is 1. The van der Waals surface area contributed by atoms with E-state index < -0.39 is 0 Å². The first-order chi connectivity index (χ1) is 5.75. The van der Waals surface area contributed by atoms with Crippen LogP contribution in [0.4, 0.5) is 5.69 Å². The van der Waals surface area contributed by atoms with E-state index in [2.05, 4.69) is 17.2 Å². The molecular formula is C8H10Cl2N2. The number of nitrogens with zero attached hydrogens (tertiary/aromatic N) is 1. The van der Waals surface area contributed by atoms with Crippen molar-refractivity contribution in [2.45, 2.75) is 13.3 Å². The van der Waals surface area contributed by atoms with Gasteiger partial charge in [-0.2, -0.15) is 0 Å². The largest absolute Gasteiger partial charge is 0.383 e. The predicted octanol–water partition coefficient (Wildman–Crippen LogP) is 3.21. The van der Waals surface area contributed by atoms with Crippen molar-refractivity contribution in [2.24, 2.45) is 0 Å². The lowest BCUT2D eigenvalue weighted by Crippen LogP contribution is -2.01. The Morgan fingerprint density at radius 1 is 1.33 bits per heavy atom. The Hall–Kier alpha value is -0.470. The van der Waals surface area contributed by atoms with E-state index in [1.165, 1.54) is 0 Å². The smallest absolute Gasteiger partial charge is 0.0836 e. The molecule has 1 heterocycles. The Balaban J connectivity index is 2.81. The molecule has 2 nitrogen and oxygen atoms in total. The summed E-state index contributed by atoms with van der Waals surface area (Å²) in [5, 5.41) is 4.26. The lowest BCUT2D eigenvalue weighted by molar-refractivity contribution is 0.979. The van der Waals surface area contributed by atoms with Crippen molar-refractivity contribution in [3.05, 3.63) is 22.4 Å². The topological polar surface area (TPSA) is 24.9 Å². The van der Waals surface area contributed by atoms with Crippen LogP contribution in [0.15, 0.2) is 12.4 Å². The van der Waals surface area contributed by atoms with Crippen LogP contribution in [0.3, 0.4) is 0 Å². The fourth-order valence-electron chi connectivity index (χ4n) is 0.830. The predicted molar refractivity (Wildman–Crippen MR) is 53.0 cm³/mol. The summed E-state index contributed by atoms with van der Waals surface area (Å²) in [5.41, 5.74) is 0.773. The summed E-state index contributed by atoms with van der Waals surface area (Å²) in [7, 11) is 0. The highest BCUT2D eigenvalue weighted by Gasteiger charge is 2.03. The molecule has 0 unspecified atom stereocenters. The van der Waals surface area contributed by atoms with Crippen molar-refractivity contribution >= 4 is 28.9 Å². The minimum absolute atomic E-state index is 0.566. The number of hydrogen-bond acceptors (Lipinski definition) is 2. The molecule has 0 aliphatic carbocycles. The zero-order valence-corrected chi connectivity index (χ0v) is 8.28. The van der Waals surface area contributed by atoms with Crippen molar-refractivity contribution < 1.29 is 0 Å². The fraction of sp³-hybridized carbons (Fsp3) is 0.375. The molecule has 66 valence electrons. The van der Waals surface area contributed by atoms with Crippen molar-refractivity contribution in [3.8, 4) is 0 Å². The van der Waals surface area contributed by atoms with Gasteiger partial charge in [0, 0.05) is 18.9 Å². The number of halogens is 2. The van der Waals surface area contributed by atoms with Gasteiger partial charge < -0.3 is 5.32 Å². The number of rotatable bonds is 3. The summed E-state index contributed by atoms with van der Waals surface area (Å²) in [5.74, 6) is 0. The normalized spacial score (nSPS) is 9.92. The van der Waals surface area contributed by atoms with Gasteiger partial charge in [0.25, 0.3) is 0 Å². The van der Waals surface area contributed by atoms with Crippen molar-refractivity contribution in [2.75, 3.05) is 11.9 Å². The lowest BCUT2D eigenvalue weighted by atomic mass is 10.4. The molecule has 0 radical (unpaired) electrons. The maximum Gasteiger partial charge on any atom is 0.0836 e. The second-order valence-corrected chi connectivity index (χ2v) is 3.22. The highest BCUT2D eigenvalue weighted by atomic mass is 35.5. The fourth-order valence-corrected chi connectivity index (χ4v) is 1.33. The molecule has 1 aromatic rings. The van der Waals surface area contributed by atoms with Gasteiger partial charge in [-0.1, -0.05) is 30.1 Å². The first-order valence-corrected chi connectivity index (χ1v) is 4.54. The van der Waals surface area contributed by atoms with Crippen LogP contribution in [0.25, 0.3) is 0 Å². The molecule has 4 heteroatoms. The van der Waals surface area contributed by atoms with E-state index in [9.17, 15) is 0 Å². The van der Waals surface area contributed by atoms with Crippen molar-refractivity contribution in [1.82, 2.24) is 4.98 Å². The molecule has 0 saturated heterocycles. The van der Waals surface area contributed by atoms with E-state index in [-0.39, 0.29) is 0 Å². The molecule has 0 aliphatic rings. The average molecular weight is 205 g/mol. The van der Waals surface area contributed by atoms with Gasteiger partial charge in [0.1, 0.15) is 0 Å². The van der Waals surface area contributed by atoms with Crippen LogP contribution in [0.5, 0.6) is 0 Å². The van der Waals surface area contributed by atoms with Gasteiger partial charge in [-0.05, 0) is 6.42 Å². The number of hydrogen-bond donors (Lipinski definition) is 1. The van der Waals surface area contributed by atoms with E-state index in [0.29, 0.717) is 10.0 Å². The minimum atomic E-state index is 0.566. The van der Waals surface area contributed by atoms with Gasteiger partial charge in [0.05, 0.1) is 15.7 Å². The van der Waals surface area contributed by atoms with Crippen LogP contribution in [-0.2, 0) is 0 Å². The third-order valence-electron chi connectivity index (χ3n) is 1.41. The van der Waals surface area contributed by atoms with Crippen LogP contribution >= 0.6 is 23.2 Å². The second kappa shape index (κ2) is 4.53. The summed E-state index contributed by atoms with van der Waals surface area (Å²) in [6.45, 7) is 2.94. The van der Waals surface area contributed by atoms with Gasteiger partial charge in [0.2, 0.25) is 0 Å². The van der Waals surface area contributed by atoms with Gasteiger partial charge in [0.15, 0.2) is 0 Å². The van der Waals surface area contributed by atoms with E-state index >= 15 is 0 Å². The Morgan fingerprint density at radius 2 is 1.92 bits per heavy atom. The zero-order valence-electron chi connectivity index (χ0n) is 6.77. The molecule has 1 N–H and O–H groups in total. The minimum Gasteiger partial charge on any atom is -0.383 e. The molecule has 0 saturated carbocycles. The highest BCUT2D eigenvalue weighted by Crippen LogP contribution is 2.28. The zero-order chi connectivity index (χ0) is 8.97. The average Bonchev–Trinajstić information content (AvgIpc) is 2.04. The Bertz CT molecular complexity index is 243. The van der Waals surface area contributed by atoms with E-state index in [1.807, 2.05) is 0 Å². The molecule has 0 spiro atoms. The SMILES string of the molecule is CCCNc1c(Cl)cncc1Cl. The van der Waals surface area contributed by atoms with Crippen LogP contribution in [0.1, 0.15) is 13.3 Å². The van der Waals surface area contributed by atoms with Crippen LogP contribution < -0.4 is 5.32 Å². The number of anilines is 1. The molecular weight excluding hydrogens is 195 g/mol. The Morgan fingerprint density at radius 3 is 2.42 bits per heavy atom. The Kier molecular flexibility index (Phi) is 3.63. The number of nitrogens with one attached hydrogen (secondary N) is 1. The molecule has 0 atom stereocenters. The maximum atomic E-state index is 5.86. The summed E-state index contributed by atoms with van der Waals surface area (Å²) in [6.07, 6.45) is 4.19. The summed E-state index contributed by atoms with van der Waals surface area (Å²) < 4.78 is 0. The summed E-state index contributed by atoms with van der Waals surface area (Å²) in [4.78, 5) is 3.85. The first kappa shape index (κ1) is 9.62. The molecule has 1 rings (SSSR count). The van der Waals surface area contributed by atoms with Crippen LogP contribution in [0, 0.1) is 0 Å². The Labute approximate surface area is 81.9 Å². The summed E-state index contributed by atoms with van der Waals surface area (Å²) in [6, 6.07) is 0. The molecule has 0 aliphatic heterocycles. The molecule has 0 fully saturated rings. The van der Waals surface area contributed by atoms with Gasteiger partial charge >= 0.3 is 0 Å². The third kappa shape index (κ3) is 2.26. The highest BCUT2D eigenvalue weighted by molar-refractivity contribution is 6.38. The molecule has 0 aromatic carbocycles. The number of aromatic nitrogens is 1. The van der Waals surface area contributed by atoms with Gasteiger partial charge in [-0.25, -0.2) is 0 Å². The maximum absolute atomic E-state index is 5.86. The van der Waals surface area contributed by atoms with Crippen LogP contribution in [-0.4, -0.2) is 11.5 Å². The van der Waals surface area contributed by atoms with Crippen LogP contribution in [0.2, 0.25) is 10.0 Å². The van der Waals surface area contributed by atoms with Crippen molar-refractivity contribution in [1.29, 1.82) is 0 Å². The molecule has 0 bridgehead atoms. The second-order valence-electron chi connectivity index (χ2n) is 2.40. The summed E-state index contributed by atoms with van der Waals surface area (Å²) >= 11 is 11.7. The van der Waals surface area contributed by atoms with E-state index in [4.69, 9.17) is 23.2 Å². The van der Waals surface area contributed by atoms with Gasteiger partial charge in [-0.15, -0.1) is 0 Å². The standard InChI is InChI=1S/C8H10Cl2N2/c1-2-3-12-8-6(9)4-11-5-7(8)10/h4-5H,2-3H2,1H3,(H,11,12). The van der Waals surface area contributed by atoms with E-state index in [0.717, 1.165) is 18.7 Å².